The van der Waals surface area contributed by atoms with Crippen molar-refractivity contribution in [3.63, 3.8) is 0 Å². The number of Topliss-reactive ketones (excluding diaryl/α,β-unsaturated/α-hetero) is 1. The minimum absolute atomic E-state index is 0.0163. The van der Waals surface area contributed by atoms with E-state index in [2.05, 4.69) is 11.9 Å². The Morgan fingerprint density at radius 1 is 1.00 bits per heavy atom. The molecule has 0 radical (unpaired) electrons. The molecule has 10 heteroatoms. The molecule has 1 unspecified atom stereocenters. The van der Waals surface area contributed by atoms with E-state index in [4.69, 9.17) is 14.5 Å². The van der Waals surface area contributed by atoms with Gasteiger partial charge in [0, 0.05) is 0 Å². The molecule has 0 spiro atoms. The lowest BCUT2D eigenvalue weighted by atomic mass is 9.95. The van der Waals surface area contributed by atoms with Crippen LogP contribution in [-0.2, 0) is 4.79 Å². The summed E-state index contributed by atoms with van der Waals surface area (Å²) in [6.45, 7) is 8.78. The number of carbonyl (C=O) groups excluding carboxylic acids is 2. The third-order valence-corrected chi connectivity index (χ3v) is 8.73. The Morgan fingerprint density at radius 2 is 1.75 bits per heavy atom. The molecule has 0 aliphatic carbocycles. The van der Waals surface area contributed by atoms with Gasteiger partial charge in [0.2, 0.25) is 5.78 Å². The van der Waals surface area contributed by atoms with Gasteiger partial charge in [0.25, 0.3) is 5.91 Å². The highest BCUT2D eigenvalue weighted by Crippen LogP contribution is 2.45. The zero-order chi connectivity index (χ0) is 28.4. The number of hydrogen-bond donors (Lipinski definition) is 1. The molecule has 208 valence electrons. The Morgan fingerprint density at radius 3 is 2.42 bits per heavy atom. The first kappa shape index (κ1) is 27.8. The largest absolute Gasteiger partial charge is 0.503 e. The molecule has 0 bridgehead atoms. The number of aromatic nitrogens is 2. The summed E-state index contributed by atoms with van der Waals surface area (Å²) in [5.41, 5.74) is 1.94. The molecule has 40 heavy (non-hydrogen) atoms. The molecule has 5 rings (SSSR count). The van der Waals surface area contributed by atoms with Crippen molar-refractivity contribution in [2.24, 2.45) is 0 Å². The summed E-state index contributed by atoms with van der Waals surface area (Å²) in [6, 6.07) is 12.0. The van der Waals surface area contributed by atoms with E-state index >= 15 is 0 Å². The fourth-order valence-electron chi connectivity index (χ4n) is 4.75. The van der Waals surface area contributed by atoms with E-state index in [-0.39, 0.29) is 5.57 Å². The highest BCUT2D eigenvalue weighted by molar-refractivity contribution is 7.22. The van der Waals surface area contributed by atoms with E-state index in [1.165, 1.54) is 27.6 Å². The number of ketones is 1. The van der Waals surface area contributed by atoms with E-state index in [0.29, 0.717) is 51.5 Å². The van der Waals surface area contributed by atoms with E-state index in [0.717, 1.165) is 29.0 Å². The summed E-state index contributed by atoms with van der Waals surface area (Å²) >= 11 is 2.55. The van der Waals surface area contributed by atoms with Gasteiger partial charge in [-0.2, -0.15) is 0 Å². The Bertz CT molecular complexity index is 1590. The second kappa shape index (κ2) is 11.8. The Kier molecular flexibility index (Phi) is 8.18. The maximum Gasteiger partial charge on any atom is 0.296 e. The van der Waals surface area contributed by atoms with Crippen molar-refractivity contribution in [3.8, 4) is 11.5 Å². The normalized spacial score (nSPS) is 15.3. The third-order valence-electron chi connectivity index (χ3n) is 6.64. The van der Waals surface area contributed by atoms with Crippen molar-refractivity contribution >= 4 is 49.7 Å². The zero-order valence-corrected chi connectivity index (χ0v) is 24.5. The van der Waals surface area contributed by atoms with Crippen molar-refractivity contribution in [1.29, 1.82) is 0 Å². The molecule has 4 aromatic rings. The number of hydrogen-bond acceptors (Lipinski definition) is 9. The van der Waals surface area contributed by atoms with Gasteiger partial charge >= 0.3 is 0 Å². The lowest BCUT2D eigenvalue weighted by Crippen LogP contribution is -2.31. The van der Waals surface area contributed by atoms with Crippen LogP contribution in [0.25, 0.3) is 10.2 Å². The van der Waals surface area contributed by atoms with Crippen LogP contribution < -0.4 is 14.4 Å². The molecule has 1 amide bonds. The molecule has 0 fully saturated rings. The van der Waals surface area contributed by atoms with Crippen molar-refractivity contribution < 1.29 is 24.2 Å². The predicted octanol–water partition coefficient (Wildman–Crippen LogP) is 7.12. The highest BCUT2D eigenvalue weighted by Gasteiger charge is 2.46. The van der Waals surface area contributed by atoms with Crippen LogP contribution in [0.2, 0.25) is 0 Å². The Balaban J connectivity index is 1.56. The number of ether oxygens (including phenoxy) is 2. The van der Waals surface area contributed by atoms with Gasteiger partial charge in [0.15, 0.2) is 10.9 Å². The van der Waals surface area contributed by atoms with Gasteiger partial charge in [-0.15, -0.1) is 11.3 Å². The molecule has 2 aromatic carbocycles. The summed E-state index contributed by atoms with van der Waals surface area (Å²) in [5.74, 6) is -0.252. The fraction of sp³-hybridized carbons (Fsp3) is 0.333. The number of thiazole rings is 2. The van der Waals surface area contributed by atoms with Crippen LogP contribution in [0.4, 0.5) is 5.13 Å². The Labute approximate surface area is 240 Å². The smallest absolute Gasteiger partial charge is 0.296 e. The van der Waals surface area contributed by atoms with E-state index in [9.17, 15) is 14.7 Å². The van der Waals surface area contributed by atoms with Gasteiger partial charge < -0.3 is 14.6 Å². The maximum atomic E-state index is 13.9. The van der Waals surface area contributed by atoms with Crippen molar-refractivity contribution in [2.75, 3.05) is 18.1 Å². The number of carbonyl (C=O) groups is 2. The van der Waals surface area contributed by atoms with Gasteiger partial charge in [-0.25, -0.2) is 9.97 Å². The molecule has 0 saturated carbocycles. The van der Waals surface area contributed by atoms with Gasteiger partial charge in [-0.3, -0.25) is 14.5 Å². The average Bonchev–Trinajstić information content (AvgIpc) is 3.59. The number of aliphatic hydroxyl groups is 1. The second-order valence-corrected chi connectivity index (χ2v) is 11.7. The third kappa shape index (κ3) is 5.33. The number of aryl methyl sites for hydroxylation is 2. The average molecular weight is 578 g/mol. The lowest BCUT2D eigenvalue weighted by Gasteiger charge is -2.24. The minimum Gasteiger partial charge on any atom is -0.503 e. The van der Waals surface area contributed by atoms with Crippen LogP contribution in [0.3, 0.4) is 0 Å². The standard InChI is InChI=1S/C30H31N3O5S2/c1-5-7-8-15-38-20-11-9-19(10-12-20)25-24(26(34)28-17(3)31-18(4)39-28)27(35)29(36)33(25)30-32-22-14-13-21(37-6-2)16-23(22)40-30/h9-14,16,25,35H,5-8,15H2,1-4H3. The molecule has 8 nitrogen and oxygen atoms in total. The van der Waals surface area contributed by atoms with Crippen LogP contribution in [0, 0.1) is 13.8 Å². The molecule has 1 atom stereocenters. The lowest BCUT2D eigenvalue weighted by molar-refractivity contribution is -0.117. The number of rotatable bonds is 11. The SMILES string of the molecule is CCCCCOc1ccc(C2C(C(=O)c3sc(C)nc3C)=C(O)C(=O)N2c2nc3ccc(OCC)cc3s2)cc1. The maximum absolute atomic E-state index is 13.9. The number of fused-ring (bicyclic) bond motifs is 1. The van der Waals surface area contributed by atoms with Crippen molar-refractivity contribution in [1.82, 2.24) is 9.97 Å². The monoisotopic (exact) mass is 577 g/mol. The molecule has 1 aliphatic rings. The number of anilines is 1. The van der Waals surface area contributed by atoms with E-state index in [1.54, 1.807) is 6.92 Å². The fourth-order valence-corrected chi connectivity index (χ4v) is 6.65. The zero-order valence-electron chi connectivity index (χ0n) is 22.9. The molecule has 3 heterocycles. The minimum atomic E-state index is -0.872. The van der Waals surface area contributed by atoms with Crippen LogP contribution >= 0.6 is 22.7 Å². The molecule has 2 aromatic heterocycles. The topological polar surface area (TPSA) is 102 Å². The first-order valence-electron chi connectivity index (χ1n) is 13.3. The van der Waals surface area contributed by atoms with Crippen LogP contribution in [0.1, 0.15) is 65.1 Å². The van der Waals surface area contributed by atoms with Crippen LogP contribution in [0.15, 0.2) is 53.8 Å². The van der Waals surface area contributed by atoms with Gasteiger partial charge in [0.05, 0.1) is 50.6 Å². The molecular formula is C30H31N3O5S2. The quantitative estimate of drug-likeness (QED) is 0.150. The first-order valence-corrected chi connectivity index (χ1v) is 15.0. The van der Waals surface area contributed by atoms with Crippen molar-refractivity contribution in [2.45, 2.75) is 53.0 Å². The summed E-state index contributed by atoms with van der Waals surface area (Å²) in [5, 5.41) is 12.3. The molecule has 1 aliphatic heterocycles. The van der Waals surface area contributed by atoms with Gasteiger partial charge in [0.1, 0.15) is 11.5 Å². The Hall–Kier alpha value is -3.76. The predicted molar refractivity (Wildman–Crippen MR) is 158 cm³/mol. The van der Waals surface area contributed by atoms with Crippen LogP contribution in [-0.4, -0.2) is 40.0 Å². The molecule has 0 saturated heterocycles. The van der Waals surface area contributed by atoms with Gasteiger partial charge in [-0.1, -0.05) is 43.2 Å². The van der Waals surface area contributed by atoms with E-state index in [1.807, 2.05) is 56.3 Å². The number of benzene rings is 2. The van der Waals surface area contributed by atoms with E-state index < -0.39 is 23.5 Å². The first-order chi connectivity index (χ1) is 19.3. The number of amides is 1. The van der Waals surface area contributed by atoms with Gasteiger partial charge in [-0.05, 0) is 63.1 Å². The number of unbranched alkanes of at least 4 members (excludes halogenated alkanes) is 2. The molecule has 1 N–H and O–H groups in total. The summed E-state index contributed by atoms with van der Waals surface area (Å²) in [6.07, 6.45) is 3.17. The second-order valence-electron chi connectivity index (χ2n) is 9.50. The van der Waals surface area contributed by atoms with Crippen LogP contribution in [0.5, 0.6) is 11.5 Å². The molecular weight excluding hydrogens is 546 g/mol. The summed E-state index contributed by atoms with van der Waals surface area (Å²) in [7, 11) is 0. The van der Waals surface area contributed by atoms with Crippen molar-refractivity contribution in [3.05, 3.63) is 74.9 Å². The number of aliphatic hydroxyl groups excluding tert-OH is 1. The summed E-state index contributed by atoms with van der Waals surface area (Å²) < 4.78 is 12.3. The summed E-state index contributed by atoms with van der Waals surface area (Å²) in [4.78, 5) is 38.4. The highest BCUT2D eigenvalue weighted by atomic mass is 32.1. The number of nitrogens with zero attached hydrogens (tertiary/aromatic N) is 3.